The molecule has 3 unspecified atom stereocenters. The quantitative estimate of drug-likeness (QED) is 0.0361. The Balaban J connectivity index is 3.55. The van der Waals surface area contributed by atoms with E-state index < -0.39 is 24.2 Å². The van der Waals surface area contributed by atoms with Crippen LogP contribution in [-0.4, -0.2) is 46.1 Å². The highest BCUT2D eigenvalue weighted by Crippen LogP contribution is 2.18. The molecule has 0 saturated heterocycles. The van der Waals surface area contributed by atoms with Crippen LogP contribution in [0.4, 0.5) is 0 Å². The van der Waals surface area contributed by atoms with Gasteiger partial charge in [0.2, 0.25) is 5.91 Å². The van der Waals surface area contributed by atoms with E-state index in [1.54, 1.807) is 6.08 Å². The van der Waals surface area contributed by atoms with Crippen molar-refractivity contribution < 1.29 is 20.1 Å². The van der Waals surface area contributed by atoms with Crippen molar-refractivity contribution in [3.8, 4) is 0 Å². The van der Waals surface area contributed by atoms with Gasteiger partial charge < -0.3 is 20.6 Å². The number of unbranched alkanes of at least 4 members (excludes halogenated alkanes) is 44. The maximum Gasteiger partial charge on any atom is 0.249 e. The summed E-state index contributed by atoms with van der Waals surface area (Å²) in [4.78, 5) is 12.6. The first-order chi connectivity index (χ1) is 33.1. The van der Waals surface area contributed by atoms with Gasteiger partial charge in [-0.1, -0.05) is 307 Å². The second kappa shape index (κ2) is 57.2. The molecule has 0 aromatic carbocycles. The zero-order valence-electron chi connectivity index (χ0n) is 45.3. The number of hydrogen-bond donors (Lipinski definition) is 4. The lowest BCUT2D eigenvalue weighted by molar-refractivity contribution is -0.131. The molecule has 0 spiro atoms. The lowest BCUT2D eigenvalue weighted by Crippen LogP contribution is -2.48. The lowest BCUT2D eigenvalue weighted by Gasteiger charge is -2.21. The van der Waals surface area contributed by atoms with Crippen molar-refractivity contribution in [1.82, 2.24) is 5.32 Å². The minimum absolute atomic E-state index is 0.374. The van der Waals surface area contributed by atoms with Gasteiger partial charge in [-0.3, -0.25) is 4.79 Å². The first-order valence-electron chi connectivity index (χ1n) is 30.3. The number of carbonyl (C=O) groups excluding carboxylic acids is 1. The Kier molecular flexibility index (Phi) is 55.9. The molecule has 0 bridgehead atoms. The van der Waals surface area contributed by atoms with Crippen molar-refractivity contribution in [2.75, 3.05) is 6.61 Å². The molecular weight excluding hydrogens is 823 g/mol. The summed E-state index contributed by atoms with van der Waals surface area (Å²) in [5.74, 6) is -0.508. The van der Waals surface area contributed by atoms with Crippen molar-refractivity contribution >= 4 is 5.91 Å². The average molecular weight is 943 g/mol. The molecule has 4 N–H and O–H groups in total. The van der Waals surface area contributed by atoms with Crippen LogP contribution in [0.3, 0.4) is 0 Å². The molecule has 5 heteroatoms. The van der Waals surface area contributed by atoms with Crippen LogP contribution in [0.15, 0.2) is 36.5 Å². The fourth-order valence-electron chi connectivity index (χ4n) is 9.49. The van der Waals surface area contributed by atoms with E-state index in [4.69, 9.17) is 0 Å². The van der Waals surface area contributed by atoms with Crippen LogP contribution < -0.4 is 5.32 Å². The minimum Gasteiger partial charge on any atom is -0.394 e. The Bertz CT molecular complexity index is 1040. The van der Waals surface area contributed by atoms with Crippen LogP contribution in [0.1, 0.15) is 328 Å². The van der Waals surface area contributed by atoms with E-state index in [2.05, 4.69) is 43.5 Å². The zero-order chi connectivity index (χ0) is 48.6. The monoisotopic (exact) mass is 942 g/mol. The summed E-state index contributed by atoms with van der Waals surface area (Å²) in [5, 5.41) is 33.4. The Morgan fingerprint density at radius 1 is 0.358 bits per heavy atom. The van der Waals surface area contributed by atoms with Crippen LogP contribution >= 0.6 is 0 Å². The third-order valence-corrected chi connectivity index (χ3v) is 14.2. The maximum atomic E-state index is 12.6. The zero-order valence-corrected chi connectivity index (χ0v) is 45.3. The summed E-state index contributed by atoms with van der Waals surface area (Å²) in [7, 11) is 0. The van der Waals surface area contributed by atoms with E-state index in [0.717, 1.165) is 38.5 Å². The number of nitrogens with one attached hydrogen (secondary N) is 1. The Morgan fingerprint density at radius 2 is 0.612 bits per heavy atom. The average Bonchev–Trinajstić information content (AvgIpc) is 3.33. The summed E-state index contributed by atoms with van der Waals surface area (Å²) in [6, 6.07) is -0.815. The SMILES string of the molecule is CCCCCCCCCCCCCC/C=C\CCCCCCCCCCCCCCCCCCC(O)C(=O)NC(CO)C(O)/C=C/CC/C=C/CCCCCCCCCCCCCCCCC. The van der Waals surface area contributed by atoms with Crippen molar-refractivity contribution in [2.24, 2.45) is 0 Å². The third kappa shape index (κ3) is 52.2. The van der Waals surface area contributed by atoms with Gasteiger partial charge in [0.05, 0.1) is 18.8 Å². The van der Waals surface area contributed by atoms with E-state index in [0.29, 0.717) is 6.42 Å². The number of carbonyl (C=O) groups is 1. The molecule has 396 valence electrons. The molecular formula is C62H119NO4. The van der Waals surface area contributed by atoms with Gasteiger partial charge in [0.1, 0.15) is 6.10 Å². The second-order valence-corrected chi connectivity index (χ2v) is 20.9. The number of hydrogen-bond acceptors (Lipinski definition) is 4. The third-order valence-electron chi connectivity index (χ3n) is 14.2. The summed E-state index contributed by atoms with van der Waals surface area (Å²) in [5.41, 5.74) is 0. The molecule has 0 aliphatic heterocycles. The number of amides is 1. The fourth-order valence-corrected chi connectivity index (χ4v) is 9.49. The highest BCUT2D eigenvalue weighted by Gasteiger charge is 2.22. The first-order valence-corrected chi connectivity index (χ1v) is 30.3. The molecule has 1 amide bonds. The number of aliphatic hydroxyl groups is 3. The smallest absolute Gasteiger partial charge is 0.249 e. The number of allylic oxidation sites excluding steroid dienone is 5. The maximum absolute atomic E-state index is 12.6. The number of rotatable bonds is 56. The Hall–Kier alpha value is -1.43. The highest BCUT2D eigenvalue weighted by atomic mass is 16.3. The molecule has 0 saturated carbocycles. The molecule has 0 aromatic rings. The Labute approximate surface area is 419 Å². The van der Waals surface area contributed by atoms with E-state index in [1.165, 1.54) is 270 Å². The van der Waals surface area contributed by atoms with Gasteiger partial charge in [0, 0.05) is 0 Å². The predicted molar refractivity (Wildman–Crippen MR) is 296 cm³/mol. The molecule has 0 heterocycles. The summed E-state index contributed by atoms with van der Waals surface area (Å²) < 4.78 is 0. The normalized spacial score (nSPS) is 13.4. The van der Waals surface area contributed by atoms with Crippen molar-refractivity contribution in [3.63, 3.8) is 0 Å². The molecule has 67 heavy (non-hydrogen) atoms. The molecule has 3 atom stereocenters. The summed E-state index contributed by atoms with van der Waals surface area (Å²) in [6.07, 6.45) is 75.3. The van der Waals surface area contributed by atoms with Gasteiger partial charge in [0.15, 0.2) is 0 Å². The summed E-state index contributed by atoms with van der Waals surface area (Å²) >= 11 is 0. The lowest BCUT2D eigenvalue weighted by atomic mass is 10.0. The number of aliphatic hydroxyl groups excluding tert-OH is 3. The van der Waals surface area contributed by atoms with Crippen molar-refractivity contribution in [3.05, 3.63) is 36.5 Å². The molecule has 0 radical (unpaired) electrons. The standard InChI is InChI=1S/C62H119NO4/c1-3-5-7-9-11-13-15-17-19-21-23-25-26-27-28-29-30-31-32-33-34-35-37-39-41-43-45-47-49-51-53-55-57-61(66)62(67)63-59(58-64)60(65)56-54-52-50-48-46-44-42-40-38-36-24-22-20-18-16-14-12-10-8-6-4-2/h27-28,46,48,54,56,59-61,64-66H,3-26,29-45,47,49-53,55,57-58H2,1-2H3,(H,63,67)/b28-27-,48-46+,56-54+. The van der Waals surface area contributed by atoms with Crippen LogP contribution in [0.25, 0.3) is 0 Å². The first kappa shape index (κ1) is 65.6. The molecule has 0 aromatic heterocycles. The van der Waals surface area contributed by atoms with Crippen LogP contribution in [0.5, 0.6) is 0 Å². The van der Waals surface area contributed by atoms with E-state index in [9.17, 15) is 20.1 Å². The predicted octanol–water partition coefficient (Wildman–Crippen LogP) is 19.0. The fraction of sp³-hybridized carbons (Fsp3) is 0.887. The highest BCUT2D eigenvalue weighted by molar-refractivity contribution is 5.80. The van der Waals surface area contributed by atoms with Crippen LogP contribution in [0, 0.1) is 0 Å². The molecule has 0 rings (SSSR count). The van der Waals surface area contributed by atoms with E-state index >= 15 is 0 Å². The summed E-state index contributed by atoms with van der Waals surface area (Å²) in [6.45, 7) is 4.21. The molecule has 0 aliphatic carbocycles. The van der Waals surface area contributed by atoms with Crippen molar-refractivity contribution in [2.45, 2.75) is 347 Å². The molecule has 5 nitrogen and oxygen atoms in total. The van der Waals surface area contributed by atoms with E-state index in [1.807, 2.05) is 6.08 Å². The second-order valence-electron chi connectivity index (χ2n) is 20.9. The van der Waals surface area contributed by atoms with Crippen molar-refractivity contribution in [1.29, 1.82) is 0 Å². The van der Waals surface area contributed by atoms with Gasteiger partial charge >= 0.3 is 0 Å². The van der Waals surface area contributed by atoms with Crippen LogP contribution in [-0.2, 0) is 4.79 Å². The molecule has 0 fully saturated rings. The molecule has 0 aliphatic rings. The Morgan fingerprint density at radius 3 is 0.910 bits per heavy atom. The van der Waals surface area contributed by atoms with Crippen LogP contribution in [0.2, 0.25) is 0 Å². The van der Waals surface area contributed by atoms with Gasteiger partial charge in [-0.05, 0) is 57.8 Å². The minimum atomic E-state index is -1.11. The van der Waals surface area contributed by atoms with Gasteiger partial charge in [-0.2, -0.15) is 0 Å². The van der Waals surface area contributed by atoms with Gasteiger partial charge in [-0.25, -0.2) is 0 Å². The van der Waals surface area contributed by atoms with E-state index in [-0.39, 0.29) is 6.61 Å². The largest absolute Gasteiger partial charge is 0.394 e. The van der Waals surface area contributed by atoms with Gasteiger partial charge in [0.25, 0.3) is 0 Å². The van der Waals surface area contributed by atoms with Gasteiger partial charge in [-0.15, -0.1) is 0 Å². The topological polar surface area (TPSA) is 89.8 Å².